The Morgan fingerprint density at radius 3 is 1.74 bits per heavy atom. The molecule has 0 N–H and O–H groups in total. The second-order valence-electron chi connectivity index (χ2n) is 8.51. The Labute approximate surface area is 225 Å². The molecule has 13 heteroatoms. The van der Waals surface area contributed by atoms with Gasteiger partial charge in [0.15, 0.2) is 18.4 Å². The first-order valence-electron chi connectivity index (χ1n) is 12.0. The number of benzene rings is 2. The Hall–Kier alpha value is -3.15. The molecule has 212 valence electrons. The van der Waals surface area contributed by atoms with E-state index in [2.05, 4.69) is 0 Å². The summed E-state index contributed by atoms with van der Waals surface area (Å²) in [5.74, 6) is -2.43. The van der Waals surface area contributed by atoms with E-state index < -0.39 is 63.1 Å². The summed E-state index contributed by atoms with van der Waals surface area (Å²) in [4.78, 5) is 34.9. The summed E-state index contributed by atoms with van der Waals surface area (Å²) in [6, 6.07) is 17.4. The quantitative estimate of drug-likeness (QED) is 0.209. The van der Waals surface area contributed by atoms with Crippen molar-refractivity contribution in [1.29, 1.82) is 0 Å². The van der Waals surface area contributed by atoms with Gasteiger partial charge in [0, 0.05) is 20.8 Å². The maximum Gasteiger partial charge on any atom is 0.477 e. The van der Waals surface area contributed by atoms with Crippen LogP contribution in [0.3, 0.4) is 0 Å². The average Bonchev–Trinajstić information content (AvgIpc) is 2.90. The summed E-state index contributed by atoms with van der Waals surface area (Å²) in [6.07, 6.45) is -8.89. The zero-order valence-corrected chi connectivity index (χ0v) is 22.5. The van der Waals surface area contributed by atoms with Crippen LogP contribution in [0, 0.1) is 0 Å². The molecule has 5 atom stereocenters. The fourth-order valence-electron chi connectivity index (χ4n) is 3.63. The van der Waals surface area contributed by atoms with E-state index in [-0.39, 0.29) is 13.2 Å². The third kappa shape index (κ3) is 9.52. The lowest BCUT2D eigenvalue weighted by Gasteiger charge is -2.42. The highest BCUT2D eigenvalue weighted by atomic mass is 31.2. The molecule has 0 saturated carbocycles. The van der Waals surface area contributed by atoms with Gasteiger partial charge in [0.25, 0.3) is 0 Å². The first-order valence-corrected chi connectivity index (χ1v) is 13.4. The number of alkyl halides is 1. The SMILES string of the molecule is CC(=O)OC[C@H]1OC(OP(=O)(OCc2ccccc2)OCc2ccccc2)[C@H](F)[C@@H](OC(C)=O)[C@@H]1OC(C)=O. The van der Waals surface area contributed by atoms with Crippen LogP contribution in [0.5, 0.6) is 0 Å². The predicted octanol–water partition coefficient (Wildman–Crippen LogP) is 4.03. The van der Waals surface area contributed by atoms with Gasteiger partial charge >= 0.3 is 25.7 Å². The van der Waals surface area contributed by atoms with Crippen LogP contribution in [0.4, 0.5) is 4.39 Å². The van der Waals surface area contributed by atoms with Gasteiger partial charge < -0.3 is 18.9 Å². The highest BCUT2D eigenvalue weighted by molar-refractivity contribution is 7.48. The van der Waals surface area contributed by atoms with E-state index in [1.54, 1.807) is 60.7 Å². The summed E-state index contributed by atoms with van der Waals surface area (Å²) in [6.45, 7) is 2.28. The maximum absolute atomic E-state index is 15.7. The van der Waals surface area contributed by atoms with Crippen molar-refractivity contribution in [3.05, 3.63) is 71.8 Å². The van der Waals surface area contributed by atoms with Crippen LogP contribution in [0.25, 0.3) is 0 Å². The van der Waals surface area contributed by atoms with Gasteiger partial charge in [-0.1, -0.05) is 60.7 Å². The van der Waals surface area contributed by atoms with Crippen molar-refractivity contribution < 1.29 is 55.9 Å². The molecule has 0 bridgehead atoms. The summed E-state index contributed by atoms with van der Waals surface area (Å²) >= 11 is 0. The number of carbonyl (C=O) groups excluding carboxylic acids is 3. The number of phosphoric acid groups is 1. The number of halogens is 1. The van der Waals surface area contributed by atoms with E-state index in [4.69, 9.17) is 32.5 Å². The molecule has 2 aromatic rings. The first kappa shape index (κ1) is 30.4. The van der Waals surface area contributed by atoms with Crippen LogP contribution in [0.15, 0.2) is 60.7 Å². The van der Waals surface area contributed by atoms with Crippen LogP contribution in [-0.4, -0.2) is 55.3 Å². The number of carbonyl (C=O) groups is 3. The molecule has 0 aliphatic carbocycles. The summed E-state index contributed by atoms with van der Waals surface area (Å²) < 4.78 is 66.8. The monoisotopic (exact) mass is 568 g/mol. The van der Waals surface area contributed by atoms with Crippen LogP contribution in [0.1, 0.15) is 31.9 Å². The van der Waals surface area contributed by atoms with Crippen molar-refractivity contribution in [2.24, 2.45) is 0 Å². The second kappa shape index (κ2) is 14.3. The van der Waals surface area contributed by atoms with Crippen LogP contribution >= 0.6 is 7.82 Å². The van der Waals surface area contributed by atoms with Crippen molar-refractivity contribution in [1.82, 2.24) is 0 Å². The summed E-state index contributed by atoms with van der Waals surface area (Å²) in [5, 5.41) is 0. The zero-order chi connectivity index (χ0) is 28.4. The molecule has 1 fully saturated rings. The normalized spacial score (nSPS) is 23.0. The van der Waals surface area contributed by atoms with E-state index in [0.29, 0.717) is 11.1 Å². The maximum atomic E-state index is 15.7. The van der Waals surface area contributed by atoms with Crippen LogP contribution < -0.4 is 0 Å². The molecule has 0 aromatic heterocycles. The van der Waals surface area contributed by atoms with Crippen molar-refractivity contribution in [2.75, 3.05) is 6.61 Å². The molecule has 1 aliphatic rings. The lowest BCUT2D eigenvalue weighted by Crippen LogP contribution is -2.60. The summed E-state index contributed by atoms with van der Waals surface area (Å²) in [7, 11) is -4.55. The minimum atomic E-state index is -4.55. The van der Waals surface area contributed by atoms with Crippen LogP contribution in [-0.2, 0) is 64.7 Å². The molecule has 0 amide bonds. The van der Waals surface area contributed by atoms with E-state index in [9.17, 15) is 18.9 Å². The van der Waals surface area contributed by atoms with Gasteiger partial charge in [-0.25, -0.2) is 8.96 Å². The third-order valence-electron chi connectivity index (χ3n) is 5.33. The number of phosphoric ester groups is 1. The van der Waals surface area contributed by atoms with Crippen molar-refractivity contribution in [3.63, 3.8) is 0 Å². The third-order valence-corrected chi connectivity index (χ3v) is 6.68. The molecular weight excluding hydrogens is 538 g/mol. The van der Waals surface area contributed by atoms with Gasteiger partial charge in [0.1, 0.15) is 12.7 Å². The molecule has 1 heterocycles. The standard InChI is InChI=1S/C26H30FO11P/c1-17(28)32-16-22-24(35-18(2)29)25(36-19(3)30)23(27)26(37-22)38-39(31,33-14-20-10-6-4-7-11-20)34-15-21-12-8-5-9-13-21/h4-13,22-26H,14-16H2,1-3H3/t22-,23-,24-,25-,26?/m1/s1. The smallest absolute Gasteiger partial charge is 0.463 e. The molecule has 3 rings (SSSR count). The van der Waals surface area contributed by atoms with E-state index in [1.165, 1.54) is 0 Å². The molecule has 2 aromatic carbocycles. The van der Waals surface area contributed by atoms with Gasteiger partial charge in [-0.3, -0.25) is 28.0 Å². The minimum absolute atomic E-state index is 0.211. The van der Waals surface area contributed by atoms with Crippen LogP contribution in [0.2, 0.25) is 0 Å². The van der Waals surface area contributed by atoms with Gasteiger partial charge in [-0.15, -0.1) is 0 Å². The van der Waals surface area contributed by atoms with Crippen molar-refractivity contribution >= 4 is 25.7 Å². The summed E-state index contributed by atoms with van der Waals surface area (Å²) in [5.41, 5.74) is 1.26. The second-order valence-corrected chi connectivity index (χ2v) is 10.1. The van der Waals surface area contributed by atoms with E-state index in [0.717, 1.165) is 20.8 Å². The predicted molar refractivity (Wildman–Crippen MR) is 132 cm³/mol. The molecule has 1 saturated heterocycles. The molecule has 0 radical (unpaired) electrons. The Morgan fingerprint density at radius 1 is 0.795 bits per heavy atom. The lowest BCUT2D eigenvalue weighted by molar-refractivity contribution is -0.275. The molecule has 0 spiro atoms. The largest absolute Gasteiger partial charge is 0.477 e. The molecule has 39 heavy (non-hydrogen) atoms. The van der Waals surface area contributed by atoms with Gasteiger partial charge in [0.05, 0.1) is 13.2 Å². The zero-order valence-electron chi connectivity index (χ0n) is 21.6. The molecule has 11 nitrogen and oxygen atoms in total. The Balaban J connectivity index is 1.87. The Morgan fingerprint density at radius 2 is 1.28 bits per heavy atom. The Kier molecular flexibility index (Phi) is 11.1. The van der Waals surface area contributed by atoms with Crippen molar-refractivity contribution in [2.45, 2.75) is 64.8 Å². The Bertz CT molecular complexity index is 1100. The van der Waals surface area contributed by atoms with E-state index in [1.807, 2.05) is 0 Å². The number of rotatable bonds is 12. The van der Waals surface area contributed by atoms with Gasteiger partial charge in [0.2, 0.25) is 6.29 Å². The topological polar surface area (TPSA) is 133 Å². The fourth-order valence-corrected chi connectivity index (χ4v) is 4.86. The molecule has 1 unspecified atom stereocenters. The number of ether oxygens (including phenoxy) is 4. The van der Waals surface area contributed by atoms with Gasteiger partial charge in [-0.2, -0.15) is 0 Å². The highest BCUT2D eigenvalue weighted by Gasteiger charge is 2.53. The average molecular weight is 568 g/mol. The fraction of sp³-hybridized carbons (Fsp3) is 0.423. The number of hydrogen-bond acceptors (Lipinski definition) is 11. The van der Waals surface area contributed by atoms with E-state index >= 15 is 4.39 Å². The minimum Gasteiger partial charge on any atom is -0.463 e. The molecular formula is C26H30FO11P. The van der Waals surface area contributed by atoms with Gasteiger partial charge in [-0.05, 0) is 11.1 Å². The lowest BCUT2D eigenvalue weighted by atomic mass is 9.99. The molecule has 1 aliphatic heterocycles. The van der Waals surface area contributed by atoms with Crippen molar-refractivity contribution in [3.8, 4) is 0 Å². The highest BCUT2D eigenvalue weighted by Crippen LogP contribution is 2.53. The number of hydrogen-bond donors (Lipinski definition) is 0. The number of esters is 3. The first-order chi connectivity index (χ1) is 18.6.